The second-order valence-electron chi connectivity index (χ2n) is 5.64. The highest BCUT2D eigenvalue weighted by molar-refractivity contribution is 5.35. The molecule has 5 heteroatoms. The first kappa shape index (κ1) is 13.1. The first-order valence-electron chi connectivity index (χ1n) is 6.85. The van der Waals surface area contributed by atoms with Crippen LogP contribution in [0.5, 0.6) is 5.75 Å². The molecular formula is C15H19N3O2. The van der Waals surface area contributed by atoms with E-state index in [0.29, 0.717) is 18.2 Å². The van der Waals surface area contributed by atoms with E-state index >= 15 is 0 Å². The van der Waals surface area contributed by atoms with Gasteiger partial charge >= 0.3 is 0 Å². The third-order valence-electron chi connectivity index (χ3n) is 3.63. The first-order chi connectivity index (χ1) is 9.60. The van der Waals surface area contributed by atoms with Crippen LogP contribution in [-0.4, -0.2) is 17.3 Å². The zero-order valence-corrected chi connectivity index (χ0v) is 11.8. The van der Waals surface area contributed by atoms with Crippen molar-refractivity contribution in [3.05, 3.63) is 41.5 Å². The van der Waals surface area contributed by atoms with E-state index < -0.39 is 5.54 Å². The fourth-order valence-electron chi connectivity index (χ4n) is 2.29. The number of nitrogens with two attached hydrogens (primary N) is 1. The Morgan fingerprint density at radius 1 is 1.40 bits per heavy atom. The molecular weight excluding hydrogens is 254 g/mol. The van der Waals surface area contributed by atoms with Crippen molar-refractivity contribution in [3.63, 3.8) is 0 Å². The van der Waals surface area contributed by atoms with E-state index in [-0.39, 0.29) is 0 Å². The number of methoxy groups -OCH3 is 1. The SMILES string of the molecule is COc1ccccc1CC(C)(N)c1noc(C2CC2)n1. The van der Waals surface area contributed by atoms with Crippen LogP contribution in [0.2, 0.25) is 0 Å². The van der Waals surface area contributed by atoms with Gasteiger partial charge in [-0.15, -0.1) is 0 Å². The molecule has 1 aliphatic carbocycles. The molecule has 0 saturated heterocycles. The lowest BCUT2D eigenvalue weighted by molar-refractivity contribution is 0.351. The van der Waals surface area contributed by atoms with Crippen LogP contribution in [0.4, 0.5) is 0 Å². The summed E-state index contributed by atoms with van der Waals surface area (Å²) in [6, 6.07) is 7.85. The molecule has 2 aromatic rings. The quantitative estimate of drug-likeness (QED) is 0.905. The molecule has 1 unspecified atom stereocenters. The minimum Gasteiger partial charge on any atom is -0.496 e. The molecule has 1 heterocycles. The van der Waals surface area contributed by atoms with Crippen molar-refractivity contribution in [2.75, 3.05) is 7.11 Å². The van der Waals surface area contributed by atoms with Crippen LogP contribution >= 0.6 is 0 Å². The minimum atomic E-state index is -0.675. The van der Waals surface area contributed by atoms with Gasteiger partial charge < -0.3 is 15.0 Å². The Hall–Kier alpha value is -1.88. The number of hydrogen-bond acceptors (Lipinski definition) is 5. The van der Waals surface area contributed by atoms with Crippen LogP contribution in [0, 0.1) is 0 Å². The summed E-state index contributed by atoms with van der Waals surface area (Å²) in [6.07, 6.45) is 2.87. The molecule has 0 radical (unpaired) electrons. The van der Waals surface area contributed by atoms with Crippen molar-refractivity contribution in [1.29, 1.82) is 0 Å². The van der Waals surface area contributed by atoms with Gasteiger partial charge in [0, 0.05) is 12.3 Å². The van der Waals surface area contributed by atoms with Crippen molar-refractivity contribution < 1.29 is 9.26 Å². The molecule has 0 aliphatic heterocycles. The molecule has 0 spiro atoms. The van der Waals surface area contributed by atoms with Gasteiger partial charge in [-0.05, 0) is 31.4 Å². The van der Waals surface area contributed by atoms with Crippen molar-refractivity contribution >= 4 is 0 Å². The Bertz CT molecular complexity index is 603. The molecule has 5 nitrogen and oxygen atoms in total. The van der Waals surface area contributed by atoms with E-state index in [1.165, 1.54) is 0 Å². The average molecular weight is 273 g/mol. The van der Waals surface area contributed by atoms with Gasteiger partial charge in [0.15, 0.2) is 5.82 Å². The highest BCUT2D eigenvalue weighted by Gasteiger charge is 2.34. The maximum Gasteiger partial charge on any atom is 0.229 e. The molecule has 1 aliphatic rings. The van der Waals surface area contributed by atoms with Crippen molar-refractivity contribution in [1.82, 2.24) is 10.1 Å². The van der Waals surface area contributed by atoms with E-state index in [9.17, 15) is 0 Å². The summed E-state index contributed by atoms with van der Waals surface area (Å²) in [7, 11) is 1.66. The third-order valence-corrected chi connectivity index (χ3v) is 3.63. The highest BCUT2D eigenvalue weighted by atomic mass is 16.5. The summed E-state index contributed by atoms with van der Waals surface area (Å²) in [5.41, 5.74) is 6.75. The standard InChI is InChI=1S/C15H19N3O2/c1-15(16,9-11-5-3-4-6-12(11)19-2)14-17-13(20-18-14)10-7-8-10/h3-6,10H,7-9,16H2,1-2H3. The molecule has 20 heavy (non-hydrogen) atoms. The molecule has 1 saturated carbocycles. The van der Waals surface area contributed by atoms with E-state index in [2.05, 4.69) is 10.1 Å². The van der Waals surface area contributed by atoms with Gasteiger partial charge in [0.05, 0.1) is 12.6 Å². The minimum absolute atomic E-state index is 0.443. The number of aromatic nitrogens is 2. The molecule has 0 bridgehead atoms. The monoisotopic (exact) mass is 273 g/mol. The van der Waals surface area contributed by atoms with Crippen molar-refractivity contribution in [2.24, 2.45) is 5.73 Å². The largest absolute Gasteiger partial charge is 0.496 e. The summed E-state index contributed by atoms with van der Waals surface area (Å²) in [6.45, 7) is 1.92. The number of hydrogen-bond donors (Lipinski definition) is 1. The molecule has 0 amide bonds. The van der Waals surface area contributed by atoms with Gasteiger partial charge in [0.25, 0.3) is 0 Å². The van der Waals surface area contributed by atoms with Crippen molar-refractivity contribution in [3.8, 4) is 5.75 Å². The van der Waals surface area contributed by atoms with Gasteiger partial charge in [-0.1, -0.05) is 23.4 Å². The Morgan fingerprint density at radius 3 is 2.85 bits per heavy atom. The lowest BCUT2D eigenvalue weighted by Gasteiger charge is -2.21. The topological polar surface area (TPSA) is 74.2 Å². The molecule has 1 aromatic carbocycles. The Kier molecular flexibility index (Phi) is 3.22. The first-order valence-corrected chi connectivity index (χ1v) is 6.85. The van der Waals surface area contributed by atoms with Gasteiger partial charge in [0.2, 0.25) is 5.89 Å². The average Bonchev–Trinajstić information content (AvgIpc) is 3.16. The van der Waals surface area contributed by atoms with Crippen LogP contribution in [0.1, 0.15) is 43.0 Å². The maximum atomic E-state index is 6.39. The molecule has 1 aromatic heterocycles. The summed E-state index contributed by atoms with van der Waals surface area (Å²) in [5, 5.41) is 4.05. The second-order valence-corrected chi connectivity index (χ2v) is 5.64. The van der Waals surface area contributed by atoms with Gasteiger partial charge in [-0.3, -0.25) is 0 Å². The van der Waals surface area contributed by atoms with Crippen LogP contribution in [0.15, 0.2) is 28.8 Å². The zero-order chi connectivity index (χ0) is 14.2. The Morgan fingerprint density at radius 2 is 2.15 bits per heavy atom. The Balaban J connectivity index is 1.83. The predicted octanol–water partition coefficient (Wildman–Crippen LogP) is 2.37. The van der Waals surface area contributed by atoms with E-state index in [1.807, 2.05) is 31.2 Å². The van der Waals surface area contributed by atoms with E-state index in [0.717, 1.165) is 30.0 Å². The molecule has 1 atom stereocenters. The third kappa shape index (κ3) is 2.54. The maximum absolute atomic E-state index is 6.39. The number of para-hydroxylation sites is 1. The van der Waals surface area contributed by atoms with Gasteiger partial charge in [0.1, 0.15) is 5.75 Å². The van der Waals surface area contributed by atoms with Crippen LogP contribution in [0.3, 0.4) is 0 Å². The van der Waals surface area contributed by atoms with Gasteiger partial charge in [-0.2, -0.15) is 4.98 Å². The smallest absolute Gasteiger partial charge is 0.229 e. The lowest BCUT2D eigenvalue weighted by Crippen LogP contribution is -2.36. The van der Waals surface area contributed by atoms with Crippen molar-refractivity contribution in [2.45, 2.75) is 37.6 Å². The second kappa shape index (κ2) is 4.90. The number of benzene rings is 1. The molecule has 3 rings (SSSR count). The van der Waals surface area contributed by atoms with E-state index in [4.69, 9.17) is 15.0 Å². The Labute approximate surface area is 118 Å². The molecule has 106 valence electrons. The van der Waals surface area contributed by atoms with Crippen LogP contribution in [-0.2, 0) is 12.0 Å². The summed E-state index contributed by atoms with van der Waals surface area (Å²) in [5.74, 6) is 2.55. The molecule has 2 N–H and O–H groups in total. The predicted molar refractivity (Wildman–Crippen MR) is 74.5 cm³/mol. The number of rotatable bonds is 5. The van der Waals surface area contributed by atoms with Crippen LogP contribution < -0.4 is 10.5 Å². The summed E-state index contributed by atoms with van der Waals surface area (Å²) in [4.78, 5) is 4.45. The normalized spacial score (nSPS) is 17.8. The number of ether oxygens (including phenoxy) is 1. The van der Waals surface area contributed by atoms with E-state index in [1.54, 1.807) is 7.11 Å². The molecule has 1 fully saturated rings. The zero-order valence-electron chi connectivity index (χ0n) is 11.8. The fraction of sp³-hybridized carbons (Fsp3) is 0.467. The number of nitrogens with zero attached hydrogens (tertiary/aromatic N) is 2. The summed E-state index contributed by atoms with van der Waals surface area (Å²) < 4.78 is 10.7. The highest BCUT2D eigenvalue weighted by Crippen LogP contribution is 2.39. The fourth-order valence-corrected chi connectivity index (χ4v) is 2.29. The van der Waals surface area contributed by atoms with Gasteiger partial charge in [-0.25, -0.2) is 0 Å². The lowest BCUT2D eigenvalue weighted by atomic mass is 9.92. The summed E-state index contributed by atoms with van der Waals surface area (Å²) >= 11 is 0. The van der Waals surface area contributed by atoms with Crippen LogP contribution in [0.25, 0.3) is 0 Å².